The monoisotopic (exact) mass is 278 g/mol. The van der Waals surface area contributed by atoms with Crippen molar-refractivity contribution in [2.45, 2.75) is 31.3 Å². The Bertz CT molecular complexity index is 492. The summed E-state index contributed by atoms with van der Waals surface area (Å²) in [6, 6.07) is 8.14. The Balaban J connectivity index is 2.03. The molecule has 1 aliphatic heterocycles. The lowest BCUT2D eigenvalue weighted by Crippen LogP contribution is -2.51. The second-order valence-electron chi connectivity index (χ2n) is 5.55. The molecule has 3 N–H and O–H groups in total. The van der Waals surface area contributed by atoms with Crippen molar-refractivity contribution in [1.82, 2.24) is 4.90 Å². The number of carboxylic acid groups (broad SMARTS) is 1. The van der Waals surface area contributed by atoms with Gasteiger partial charge in [-0.3, -0.25) is 9.69 Å². The molecule has 2 unspecified atom stereocenters. The Labute approximate surface area is 119 Å². The number of hydrogen-bond donors (Lipinski definition) is 2. The Kier molecular flexibility index (Phi) is 4.30. The second-order valence-corrected chi connectivity index (χ2v) is 5.55. The molecular formula is C15H22N2O3. The third-order valence-electron chi connectivity index (χ3n) is 4.09. The summed E-state index contributed by atoms with van der Waals surface area (Å²) in [7, 11) is 1.66. The molecule has 1 aliphatic rings. The average molecular weight is 278 g/mol. The minimum absolute atomic E-state index is 0.232. The molecule has 0 bridgehead atoms. The summed E-state index contributed by atoms with van der Waals surface area (Å²) in [4.78, 5) is 13.3. The maximum Gasteiger partial charge on any atom is 0.325 e. The first kappa shape index (κ1) is 14.8. The van der Waals surface area contributed by atoms with Crippen molar-refractivity contribution in [3.63, 3.8) is 0 Å². The fraction of sp³-hybridized carbons (Fsp3) is 0.533. The van der Waals surface area contributed by atoms with Gasteiger partial charge in [-0.05, 0) is 31.4 Å². The summed E-state index contributed by atoms with van der Waals surface area (Å²) < 4.78 is 5.35. The van der Waals surface area contributed by atoms with Crippen LogP contribution in [-0.4, -0.2) is 47.8 Å². The van der Waals surface area contributed by atoms with E-state index in [9.17, 15) is 9.90 Å². The van der Waals surface area contributed by atoms with Crippen molar-refractivity contribution < 1.29 is 14.6 Å². The summed E-state index contributed by atoms with van der Waals surface area (Å²) in [6.45, 7) is 3.22. The lowest BCUT2D eigenvalue weighted by atomic mass is 10.0. The first-order valence-corrected chi connectivity index (χ1v) is 6.84. The third-order valence-corrected chi connectivity index (χ3v) is 4.09. The summed E-state index contributed by atoms with van der Waals surface area (Å²) in [5, 5.41) is 9.17. The van der Waals surface area contributed by atoms with Gasteiger partial charge >= 0.3 is 5.97 Å². The van der Waals surface area contributed by atoms with Gasteiger partial charge in [0.2, 0.25) is 0 Å². The van der Waals surface area contributed by atoms with Gasteiger partial charge < -0.3 is 15.6 Å². The number of carbonyl (C=O) groups is 1. The van der Waals surface area contributed by atoms with Crippen LogP contribution in [0.2, 0.25) is 0 Å². The Morgan fingerprint density at radius 2 is 2.25 bits per heavy atom. The summed E-state index contributed by atoms with van der Waals surface area (Å²) in [5.74, 6) is -0.0414. The van der Waals surface area contributed by atoms with Crippen LogP contribution in [-0.2, 0) is 11.2 Å². The van der Waals surface area contributed by atoms with Gasteiger partial charge in [0.1, 0.15) is 11.3 Å². The van der Waals surface area contributed by atoms with Gasteiger partial charge in [-0.25, -0.2) is 0 Å². The minimum atomic E-state index is -1.10. The van der Waals surface area contributed by atoms with E-state index in [1.54, 1.807) is 7.11 Å². The Hall–Kier alpha value is -1.59. The van der Waals surface area contributed by atoms with Crippen molar-refractivity contribution in [2.75, 3.05) is 20.2 Å². The molecule has 2 rings (SSSR count). The third kappa shape index (κ3) is 2.94. The highest BCUT2D eigenvalue weighted by Crippen LogP contribution is 2.25. The van der Waals surface area contributed by atoms with Gasteiger partial charge in [-0.2, -0.15) is 0 Å². The molecule has 0 saturated carbocycles. The number of rotatable bonds is 5. The molecule has 1 aromatic carbocycles. The summed E-state index contributed by atoms with van der Waals surface area (Å²) in [6.07, 6.45) is 1.32. The largest absolute Gasteiger partial charge is 0.496 e. The number of hydrogen-bond acceptors (Lipinski definition) is 4. The van der Waals surface area contributed by atoms with Crippen LogP contribution in [0.3, 0.4) is 0 Å². The van der Waals surface area contributed by atoms with Gasteiger partial charge in [-0.15, -0.1) is 0 Å². The van der Waals surface area contributed by atoms with E-state index in [4.69, 9.17) is 10.5 Å². The van der Waals surface area contributed by atoms with Crippen LogP contribution in [0.15, 0.2) is 24.3 Å². The van der Waals surface area contributed by atoms with Gasteiger partial charge in [0.15, 0.2) is 0 Å². The maximum absolute atomic E-state index is 11.2. The van der Waals surface area contributed by atoms with Crippen molar-refractivity contribution in [2.24, 2.45) is 5.73 Å². The van der Waals surface area contributed by atoms with Crippen LogP contribution >= 0.6 is 0 Å². The zero-order valence-electron chi connectivity index (χ0n) is 12.0. The molecule has 2 atom stereocenters. The predicted molar refractivity (Wildman–Crippen MR) is 76.9 cm³/mol. The molecule has 0 aromatic heterocycles. The summed E-state index contributed by atoms with van der Waals surface area (Å²) >= 11 is 0. The van der Waals surface area contributed by atoms with Gasteiger partial charge in [-0.1, -0.05) is 18.2 Å². The SMILES string of the molecule is COc1ccccc1CC(C)N1CCC(N)(C(=O)O)C1. The van der Waals surface area contributed by atoms with Crippen LogP contribution in [0.25, 0.3) is 0 Å². The highest BCUT2D eigenvalue weighted by Gasteiger charge is 2.42. The van der Waals surface area contributed by atoms with Crippen molar-refractivity contribution in [3.8, 4) is 5.75 Å². The second kappa shape index (κ2) is 5.81. The molecule has 1 heterocycles. The molecule has 0 radical (unpaired) electrons. The van der Waals surface area contributed by atoms with Crippen molar-refractivity contribution in [3.05, 3.63) is 29.8 Å². The quantitative estimate of drug-likeness (QED) is 0.844. The van der Waals surface area contributed by atoms with Crippen LogP contribution in [0.4, 0.5) is 0 Å². The lowest BCUT2D eigenvalue weighted by Gasteiger charge is -2.26. The number of nitrogens with zero attached hydrogens (tertiary/aromatic N) is 1. The predicted octanol–water partition coefficient (Wildman–Crippen LogP) is 1.11. The topological polar surface area (TPSA) is 75.8 Å². The molecular weight excluding hydrogens is 256 g/mol. The van der Waals surface area contributed by atoms with E-state index in [2.05, 4.69) is 11.8 Å². The zero-order chi connectivity index (χ0) is 14.8. The van der Waals surface area contributed by atoms with E-state index >= 15 is 0 Å². The number of ether oxygens (including phenoxy) is 1. The molecule has 0 aliphatic carbocycles. The molecule has 5 heteroatoms. The van der Waals surface area contributed by atoms with Crippen LogP contribution in [0.1, 0.15) is 18.9 Å². The molecule has 20 heavy (non-hydrogen) atoms. The molecule has 5 nitrogen and oxygen atoms in total. The fourth-order valence-electron chi connectivity index (χ4n) is 2.73. The standard InChI is InChI=1S/C15H22N2O3/c1-11(9-12-5-3-4-6-13(12)20-2)17-8-7-15(16,10-17)14(18)19/h3-6,11H,7-10,16H2,1-2H3,(H,18,19). The fourth-order valence-corrected chi connectivity index (χ4v) is 2.73. The van der Waals surface area contributed by atoms with Crippen LogP contribution in [0.5, 0.6) is 5.75 Å². The highest BCUT2D eigenvalue weighted by molar-refractivity contribution is 5.79. The average Bonchev–Trinajstić information content (AvgIpc) is 2.83. The van der Waals surface area contributed by atoms with Crippen LogP contribution < -0.4 is 10.5 Å². The number of nitrogens with two attached hydrogens (primary N) is 1. The van der Waals surface area contributed by atoms with Gasteiger partial charge in [0.05, 0.1) is 7.11 Å². The number of likely N-dealkylation sites (tertiary alicyclic amines) is 1. The zero-order valence-corrected chi connectivity index (χ0v) is 12.0. The molecule has 1 fully saturated rings. The van der Waals surface area contributed by atoms with E-state index in [1.807, 2.05) is 24.3 Å². The molecule has 1 saturated heterocycles. The van der Waals surface area contributed by atoms with Gasteiger partial charge in [0.25, 0.3) is 0 Å². The van der Waals surface area contributed by atoms with Crippen molar-refractivity contribution >= 4 is 5.97 Å². The highest BCUT2D eigenvalue weighted by atomic mass is 16.5. The Morgan fingerprint density at radius 3 is 2.85 bits per heavy atom. The molecule has 110 valence electrons. The van der Waals surface area contributed by atoms with Gasteiger partial charge in [0, 0.05) is 19.1 Å². The minimum Gasteiger partial charge on any atom is -0.496 e. The van der Waals surface area contributed by atoms with E-state index < -0.39 is 11.5 Å². The lowest BCUT2D eigenvalue weighted by molar-refractivity contribution is -0.142. The number of carboxylic acids is 1. The Morgan fingerprint density at radius 1 is 1.55 bits per heavy atom. The van der Waals surface area contributed by atoms with Crippen molar-refractivity contribution in [1.29, 1.82) is 0 Å². The number of para-hydroxylation sites is 1. The van der Waals surface area contributed by atoms with E-state index in [-0.39, 0.29) is 6.04 Å². The van der Waals surface area contributed by atoms with E-state index in [0.29, 0.717) is 13.0 Å². The maximum atomic E-state index is 11.2. The first-order valence-electron chi connectivity index (χ1n) is 6.84. The van der Waals surface area contributed by atoms with E-state index in [1.165, 1.54) is 0 Å². The van der Waals surface area contributed by atoms with Crippen LogP contribution in [0, 0.1) is 0 Å². The smallest absolute Gasteiger partial charge is 0.325 e. The molecule has 0 spiro atoms. The normalized spacial score (nSPS) is 24.6. The molecule has 1 aromatic rings. The van der Waals surface area contributed by atoms with E-state index in [0.717, 1.165) is 24.3 Å². The number of benzene rings is 1. The number of methoxy groups -OCH3 is 1. The number of aliphatic carboxylic acids is 1. The molecule has 0 amide bonds. The first-order chi connectivity index (χ1) is 9.46. The summed E-state index contributed by atoms with van der Waals surface area (Å²) in [5.41, 5.74) is 5.94.